The Morgan fingerprint density at radius 3 is 2.93 bits per heavy atom. The molecule has 2 N–H and O–H groups in total. The molecule has 1 aromatic heterocycles. The van der Waals surface area contributed by atoms with Crippen LogP contribution in [0.1, 0.15) is 38.7 Å². The van der Waals surface area contributed by atoms with Gasteiger partial charge in [-0.05, 0) is 59.9 Å². The summed E-state index contributed by atoms with van der Waals surface area (Å²) in [5.74, 6) is 1.51. The molecule has 1 aliphatic rings. The topological polar surface area (TPSA) is 26.0 Å². The van der Waals surface area contributed by atoms with Gasteiger partial charge in [-0.1, -0.05) is 13.8 Å². The van der Waals surface area contributed by atoms with Crippen LogP contribution in [0.4, 0.5) is 0 Å². The summed E-state index contributed by atoms with van der Waals surface area (Å²) in [6.45, 7) is 4.67. The summed E-state index contributed by atoms with van der Waals surface area (Å²) >= 11 is 1.77. The Bertz CT molecular complexity index is 306. The van der Waals surface area contributed by atoms with Crippen molar-refractivity contribution in [3.8, 4) is 0 Å². The van der Waals surface area contributed by atoms with Gasteiger partial charge in [0.25, 0.3) is 0 Å². The van der Waals surface area contributed by atoms with E-state index in [1.807, 2.05) is 0 Å². The molecule has 1 saturated carbocycles. The Morgan fingerprint density at radius 1 is 1.53 bits per heavy atom. The first-order chi connectivity index (χ1) is 7.10. The van der Waals surface area contributed by atoms with Crippen LogP contribution < -0.4 is 5.73 Å². The molecule has 1 fully saturated rings. The molecule has 0 aromatic carbocycles. The van der Waals surface area contributed by atoms with Crippen molar-refractivity contribution in [3.63, 3.8) is 0 Å². The van der Waals surface area contributed by atoms with Gasteiger partial charge in [0.1, 0.15) is 0 Å². The molecule has 3 atom stereocenters. The van der Waals surface area contributed by atoms with E-state index < -0.39 is 0 Å². The second kappa shape index (κ2) is 4.26. The van der Waals surface area contributed by atoms with Crippen LogP contribution in [0.25, 0.3) is 0 Å². The van der Waals surface area contributed by atoms with Gasteiger partial charge in [-0.3, -0.25) is 0 Å². The van der Waals surface area contributed by atoms with E-state index in [2.05, 4.69) is 30.7 Å². The van der Waals surface area contributed by atoms with E-state index in [-0.39, 0.29) is 5.54 Å². The molecule has 0 bridgehead atoms. The molecule has 2 heteroatoms. The molecule has 0 aliphatic heterocycles. The molecule has 0 radical (unpaired) electrons. The van der Waals surface area contributed by atoms with E-state index in [1.54, 1.807) is 11.3 Å². The zero-order valence-corrected chi connectivity index (χ0v) is 10.5. The van der Waals surface area contributed by atoms with E-state index in [9.17, 15) is 0 Å². The van der Waals surface area contributed by atoms with Crippen molar-refractivity contribution in [2.75, 3.05) is 0 Å². The molecule has 3 unspecified atom stereocenters. The number of hydrogen-bond donors (Lipinski definition) is 1. The molecule has 0 amide bonds. The zero-order valence-electron chi connectivity index (χ0n) is 9.70. The molecule has 1 aliphatic carbocycles. The minimum Gasteiger partial charge on any atom is -0.325 e. The van der Waals surface area contributed by atoms with Crippen molar-refractivity contribution < 1.29 is 0 Å². The van der Waals surface area contributed by atoms with E-state index >= 15 is 0 Å². The average molecular weight is 223 g/mol. The summed E-state index contributed by atoms with van der Waals surface area (Å²) in [5, 5.41) is 4.38. The minimum absolute atomic E-state index is 0.0492. The first kappa shape index (κ1) is 11.2. The Morgan fingerprint density at radius 2 is 2.33 bits per heavy atom. The zero-order chi connectivity index (χ0) is 10.9. The first-order valence-corrected chi connectivity index (χ1v) is 6.84. The Balaban J connectivity index is 2.06. The summed E-state index contributed by atoms with van der Waals surface area (Å²) in [6, 6.07) is 2.21. The van der Waals surface area contributed by atoms with Crippen molar-refractivity contribution in [1.82, 2.24) is 0 Å². The summed E-state index contributed by atoms with van der Waals surface area (Å²) < 4.78 is 0. The van der Waals surface area contributed by atoms with Crippen molar-refractivity contribution in [2.24, 2.45) is 17.6 Å². The molecule has 84 valence electrons. The number of rotatable bonds is 2. The van der Waals surface area contributed by atoms with Gasteiger partial charge in [-0.2, -0.15) is 11.3 Å². The number of nitrogens with two attached hydrogens (primary N) is 1. The van der Waals surface area contributed by atoms with Crippen LogP contribution in [0.15, 0.2) is 16.8 Å². The van der Waals surface area contributed by atoms with Gasteiger partial charge in [0.2, 0.25) is 0 Å². The van der Waals surface area contributed by atoms with Crippen molar-refractivity contribution >= 4 is 11.3 Å². The largest absolute Gasteiger partial charge is 0.325 e. The Hall–Kier alpha value is -0.340. The van der Waals surface area contributed by atoms with Crippen LogP contribution in [0, 0.1) is 11.8 Å². The molecule has 15 heavy (non-hydrogen) atoms. The maximum Gasteiger partial charge on any atom is 0.0221 e. The highest BCUT2D eigenvalue weighted by Crippen LogP contribution is 2.37. The molecule has 0 spiro atoms. The third kappa shape index (κ3) is 2.43. The maximum absolute atomic E-state index is 6.56. The van der Waals surface area contributed by atoms with Crippen LogP contribution in [-0.2, 0) is 6.42 Å². The maximum atomic E-state index is 6.56. The van der Waals surface area contributed by atoms with E-state index in [4.69, 9.17) is 5.73 Å². The van der Waals surface area contributed by atoms with Crippen molar-refractivity contribution in [2.45, 2.75) is 45.1 Å². The lowest BCUT2D eigenvalue weighted by Gasteiger charge is -2.42. The van der Waals surface area contributed by atoms with Gasteiger partial charge in [0.05, 0.1) is 0 Å². The third-order valence-corrected chi connectivity index (χ3v) is 4.69. The highest BCUT2D eigenvalue weighted by atomic mass is 32.1. The number of hydrogen-bond acceptors (Lipinski definition) is 2. The highest BCUT2D eigenvalue weighted by molar-refractivity contribution is 7.07. The fourth-order valence-electron chi connectivity index (χ4n) is 2.75. The summed E-state index contributed by atoms with van der Waals surface area (Å²) in [7, 11) is 0. The lowest BCUT2D eigenvalue weighted by atomic mass is 9.68. The van der Waals surface area contributed by atoms with Gasteiger partial charge in [-0.25, -0.2) is 0 Å². The average Bonchev–Trinajstić information content (AvgIpc) is 2.65. The van der Waals surface area contributed by atoms with E-state index in [0.29, 0.717) is 5.92 Å². The van der Waals surface area contributed by atoms with Gasteiger partial charge in [-0.15, -0.1) is 0 Å². The quantitative estimate of drug-likeness (QED) is 0.816. The smallest absolute Gasteiger partial charge is 0.0221 e. The van der Waals surface area contributed by atoms with E-state index in [0.717, 1.165) is 12.3 Å². The Kier molecular flexibility index (Phi) is 3.17. The molecular formula is C13H21NS. The lowest BCUT2D eigenvalue weighted by Crippen LogP contribution is -2.51. The van der Waals surface area contributed by atoms with Crippen LogP contribution in [-0.4, -0.2) is 5.54 Å². The van der Waals surface area contributed by atoms with Crippen molar-refractivity contribution in [1.29, 1.82) is 0 Å². The van der Waals surface area contributed by atoms with Gasteiger partial charge in [0, 0.05) is 5.54 Å². The lowest BCUT2D eigenvalue weighted by molar-refractivity contribution is 0.163. The summed E-state index contributed by atoms with van der Waals surface area (Å²) in [4.78, 5) is 0. The molecule has 1 nitrogen and oxygen atoms in total. The van der Waals surface area contributed by atoms with Crippen LogP contribution in [0.5, 0.6) is 0 Å². The van der Waals surface area contributed by atoms with E-state index in [1.165, 1.54) is 24.8 Å². The van der Waals surface area contributed by atoms with Crippen LogP contribution in [0.2, 0.25) is 0 Å². The third-order valence-electron chi connectivity index (χ3n) is 3.95. The molecule has 1 aromatic rings. The van der Waals surface area contributed by atoms with Gasteiger partial charge in [0.15, 0.2) is 0 Å². The second-order valence-electron chi connectivity index (χ2n) is 5.32. The SMILES string of the molecule is CC1CCC(N)(Cc2ccsc2)C(C)C1. The minimum atomic E-state index is 0.0492. The number of thiophene rings is 1. The predicted molar refractivity (Wildman–Crippen MR) is 67.1 cm³/mol. The summed E-state index contributed by atoms with van der Waals surface area (Å²) in [5.41, 5.74) is 8.03. The van der Waals surface area contributed by atoms with Gasteiger partial charge < -0.3 is 5.73 Å². The molecule has 1 heterocycles. The van der Waals surface area contributed by atoms with Gasteiger partial charge >= 0.3 is 0 Å². The second-order valence-corrected chi connectivity index (χ2v) is 6.10. The molecule has 0 saturated heterocycles. The molecule has 2 rings (SSSR count). The normalized spacial score (nSPS) is 36.7. The predicted octanol–water partition coefficient (Wildman–Crippen LogP) is 3.44. The molecular weight excluding hydrogens is 202 g/mol. The fraction of sp³-hybridized carbons (Fsp3) is 0.692. The fourth-order valence-corrected chi connectivity index (χ4v) is 3.42. The monoisotopic (exact) mass is 223 g/mol. The standard InChI is InChI=1S/C13H21NS/c1-10-3-5-13(14,11(2)7-10)8-12-4-6-15-9-12/h4,6,9-11H,3,5,7-8,14H2,1-2H3. The highest BCUT2D eigenvalue weighted by Gasteiger charge is 2.36. The van der Waals surface area contributed by atoms with Crippen LogP contribution in [0.3, 0.4) is 0 Å². The van der Waals surface area contributed by atoms with Crippen molar-refractivity contribution in [3.05, 3.63) is 22.4 Å². The Labute approximate surface area is 96.7 Å². The summed E-state index contributed by atoms with van der Waals surface area (Å²) in [6.07, 6.45) is 4.83. The first-order valence-electron chi connectivity index (χ1n) is 5.90. The van der Waals surface area contributed by atoms with Crippen LogP contribution >= 0.6 is 11.3 Å².